The lowest BCUT2D eigenvalue weighted by Gasteiger charge is -2.27. The zero-order chi connectivity index (χ0) is 26.9. The van der Waals surface area contributed by atoms with Gasteiger partial charge in [0, 0.05) is 66.8 Å². The lowest BCUT2D eigenvalue weighted by molar-refractivity contribution is -0.432. The molecule has 39 heavy (non-hydrogen) atoms. The summed E-state index contributed by atoms with van der Waals surface area (Å²) in [4.78, 5) is 21.1. The highest BCUT2D eigenvalue weighted by Crippen LogP contribution is 2.43. The predicted molar refractivity (Wildman–Crippen MR) is 154 cm³/mol. The van der Waals surface area contributed by atoms with E-state index in [1.165, 1.54) is 5.69 Å². The first-order valence-electron chi connectivity index (χ1n) is 13.0. The van der Waals surface area contributed by atoms with Crippen molar-refractivity contribution in [2.75, 3.05) is 43.0 Å². The van der Waals surface area contributed by atoms with E-state index in [0.717, 1.165) is 60.3 Å². The van der Waals surface area contributed by atoms with Crippen LogP contribution in [0.3, 0.4) is 0 Å². The summed E-state index contributed by atoms with van der Waals surface area (Å²) in [7, 11) is 1.64. The molecule has 3 aromatic carbocycles. The van der Waals surface area contributed by atoms with Crippen LogP contribution in [0.25, 0.3) is 10.9 Å². The molecule has 0 radical (unpaired) electrons. The zero-order valence-corrected chi connectivity index (χ0v) is 22.3. The number of anilines is 2. The van der Waals surface area contributed by atoms with Crippen LogP contribution in [0, 0.1) is 10.1 Å². The van der Waals surface area contributed by atoms with Crippen LogP contribution >= 0.6 is 11.6 Å². The highest BCUT2D eigenvalue weighted by atomic mass is 35.5. The van der Waals surface area contributed by atoms with Gasteiger partial charge >= 0.3 is 5.70 Å². The SMILES string of the molecule is CNC1=C([N+](=O)[O-])C(c2ccc(N3CCCN(c4ccnc5cc(Cl)ccc45)CC3)cc2)c2ccccc2O1. The van der Waals surface area contributed by atoms with Crippen LogP contribution in [0.15, 0.2) is 90.6 Å². The Labute approximate surface area is 231 Å². The van der Waals surface area contributed by atoms with E-state index < -0.39 is 5.92 Å². The lowest BCUT2D eigenvalue weighted by atomic mass is 9.86. The molecule has 1 unspecified atom stereocenters. The highest BCUT2D eigenvalue weighted by Gasteiger charge is 2.39. The molecule has 0 aliphatic carbocycles. The summed E-state index contributed by atoms with van der Waals surface area (Å²) in [6, 6.07) is 23.6. The number of nitro groups is 1. The van der Waals surface area contributed by atoms with E-state index in [1.807, 2.05) is 60.8 Å². The maximum atomic E-state index is 12.1. The Morgan fingerprint density at radius 1 is 1.00 bits per heavy atom. The average Bonchev–Trinajstić information content (AvgIpc) is 3.22. The molecule has 1 fully saturated rings. The van der Waals surface area contributed by atoms with E-state index in [-0.39, 0.29) is 16.5 Å². The molecule has 0 spiro atoms. The monoisotopic (exact) mass is 541 g/mol. The van der Waals surface area contributed by atoms with Gasteiger partial charge in [0.05, 0.1) is 10.4 Å². The third kappa shape index (κ3) is 4.72. The number of para-hydroxylation sites is 1. The van der Waals surface area contributed by atoms with Gasteiger partial charge in [0.25, 0.3) is 5.88 Å². The summed E-state index contributed by atoms with van der Waals surface area (Å²) in [5, 5.41) is 16.8. The van der Waals surface area contributed by atoms with Crippen molar-refractivity contribution in [2.24, 2.45) is 0 Å². The number of aromatic nitrogens is 1. The summed E-state index contributed by atoms with van der Waals surface area (Å²) in [6.07, 6.45) is 2.85. The first kappa shape index (κ1) is 25.0. The predicted octanol–water partition coefficient (Wildman–Crippen LogP) is 5.79. The Morgan fingerprint density at radius 3 is 2.56 bits per heavy atom. The molecule has 1 atom stereocenters. The van der Waals surface area contributed by atoms with Crippen LogP contribution in [0.5, 0.6) is 5.75 Å². The Bertz CT molecular complexity index is 1570. The molecule has 1 N–H and O–H groups in total. The highest BCUT2D eigenvalue weighted by molar-refractivity contribution is 6.31. The second-order valence-electron chi connectivity index (χ2n) is 9.71. The standard InChI is InChI=1S/C30H28ClN5O3/c1-32-30-29(36(37)38)28(24-5-2-3-6-27(24)39-30)20-7-10-22(11-8-20)34-15-4-16-35(18-17-34)26-13-14-33-25-19-21(31)9-12-23(25)26/h2-3,5-14,19,28,32H,4,15-18H2,1H3. The summed E-state index contributed by atoms with van der Waals surface area (Å²) in [5.74, 6) is 0.265. The molecule has 4 aromatic rings. The van der Waals surface area contributed by atoms with Crippen molar-refractivity contribution < 1.29 is 9.66 Å². The van der Waals surface area contributed by atoms with Gasteiger partial charge in [-0.05, 0) is 54.4 Å². The van der Waals surface area contributed by atoms with Crippen molar-refractivity contribution in [3.8, 4) is 5.75 Å². The number of ether oxygens (including phenoxy) is 1. The van der Waals surface area contributed by atoms with Crippen LogP contribution < -0.4 is 19.9 Å². The third-order valence-corrected chi connectivity index (χ3v) is 7.72. The number of hydrogen-bond acceptors (Lipinski definition) is 7. The molecule has 6 rings (SSSR count). The Balaban J connectivity index is 1.25. The summed E-state index contributed by atoms with van der Waals surface area (Å²) < 4.78 is 5.82. The number of pyridine rings is 1. The van der Waals surface area contributed by atoms with Crippen LogP contribution in [0.4, 0.5) is 11.4 Å². The summed E-state index contributed by atoms with van der Waals surface area (Å²) in [6.45, 7) is 3.60. The van der Waals surface area contributed by atoms with Gasteiger partial charge in [-0.2, -0.15) is 0 Å². The Kier molecular flexibility index (Phi) is 6.70. The number of rotatable bonds is 5. The Hall–Kier alpha value is -4.30. The van der Waals surface area contributed by atoms with Gasteiger partial charge < -0.3 is 19.9 Å². The van der Waals surface area contributed by atoms with Crippen LogP contribution in [-0.2, 0) is 0 Å². The van der Waals surface area contributed by atoms with E-state index in [9.17, 15) is 10.1 Å². The first-order chi connectivity index (χ1) is 19.0. The minimum atomic E-state index is -0.533. The molecule has 198 valence electrons. The molecular weight excluding hydrogens is 514 g/mol. The van der Waals surface area contributed by atoms with Crippen LogP contribution in [0.1, 0.15) is 23.5 Å². The van der Waals surface area contributed by atoms with Gasteiger partial charge in [0.2, 0.25) is 0 Å². The van der Waals surface area contributed by atoms with Crippen molar-refractivity contribution in [1.29, 1.82) is 0 Å². The molecule has 1 saturated heterocycles. The number of fused-ring (bicyclic) bond motifs is 2. The normalized spacial score (nSPS) is 17.4. The summed E-state index contributed by atoms with van der Waals surface area (Å²) >= 11 is 6.19. The number of nitrogens with one attached hydrogen (secondary N) is 1. The fourth-order valence-electron chi connectivity index (χ4n) is 5.63. The number of hydrogen-bond donors (Lipinski definition) is 1. The smallest absolute Gasteiger partial charge is 0.317 e. The van der Waals surface area contributed by atoms with Crippen molar-refractivity contribution in [2.45, 2.75) is 12.3 Å². The second kappa shape index (κ2) is 10.5. The molecule has 9 heteroatoms. The number of halogens is 1. The van der Waals surface area contributed by atoms with Crippen molar-refractivity contribution in [3.05, 3.63) is 117 Å². The minimum absolute atomic E-state index is 0.0141. The average molecular weight is 542 g/mol. The van der Waals surface area contributed by atoms with E-state index in [0.29, 0.717) is 10.8 Å². The zero-order valence-electron chi connectivity index (χ0n) is 21.5. The van der Waals surface area contributed by atoms with Gasteiger partial charge in [0.1, 0.15) is 11.7 Å². The number of nitrogens with zero attached hydrogens (tertiary/aromatic N) is 4. The van der Waals surface area contributed by atoms with Gasteiger partial charge in [-0.1, -0.05) is 41.9 Å². The van der Waals surface area contributed by atoms with Crippen LogP contribution in [-0.4, -0.2) is 43.1 Å². The van der Waals surface area contributed by atoms with E-state index in [4.69, 9.17) is 16.3 Å². The van der Waals surface area contributed by atoms with Gasteiger partial charge in [0.15, 0.2) is 0 Å². The Morgan fingerprint density at radius 2 is 1.77 bits per heavy atom. The van der Waals surface area contributed by atoms with E-state index in [1.54, 1.807) is 7.05 Å². The molecule has 0 saturated carbocycles. The molecule has 0 bridgehead atoms. The summed E-state index contributed by atoms with van der Waals surface area (Å²) in [5.41, 5.74) is 4.83. The van der Waals surface area contributed by atoms with E-state index >= 15 is 0 Å². The number of benzene rings is 3. The number of allylic oxidation sites excluding steroid dienone is 1. The molecule has 2 aliphatic heterocycles. The maximum absolute atomic E-state index is 12.1. The first-order valence-corrected chi connectivity index (χ1v) is 13.4. The quantitative estimate of drug-likeness (QED) is 0.253. The molecule has 0 amide bonds. The molecule has 2 aliphatic rings. The van der Waals surface area contributed by atoms with Crippen molar-refractivity contribution in [3.63, 3.8) is 0 Å². The van der Waals surface area contributed by atoms with Crippen molar-refractivity contribution >= 4 is 33.9 Å². The molecule has 8 nitrogen and oxygen atoms in total. The molecule has 1 aromatic heterocycles. The fraction of sp³-hybridized carbons (Fsp3) is 0.233. The topological polar surface area (TPSA) is 83.8 Å². The molecule has 3 heterocycles. The van der Waals surface area contributed by atoms with Gasteiger partial charge in [-0.25, -0.2) is 0 Å². The van der Waals surface area contributed by atoms with E-state index in [2.05, 4.69) is 38.3 Å². The fourth-order valence-corrected chi connectivity index (χ4v) is 5.80. The largest absolute Gasteiger partial charge is 0.435 e. The molecular formula is C30H28ClN5O3. The van der Waals surface area contributed by atoms with Crippen molar-refractivity contribution in [1.82, 2.24) is 10.3 Å². The van der Waals surface area contributed by atoms with Gasteiger partial charge in [-0.3, -0.25) is 15.1 Å². The van der Waals surface area contributed by atoms with Crippen LogP contribution in [0.2, 0.25) is 5.02 Å². The maximum Gasteiger partial charge on any atom is 0.317 e. The third-order valence-electron chi connectivity index (χ3n) is 7.48. The van der Waals surface area contributed by atoms with Gasteiger partial charge in [-0.15, -0.1) is 0 Å². The second-order valence-corrected chi connectivity index (χ2v) is 10.1. The lowest BCUT2D eigenvalue weighted by Crippen LogP contribution is -2.31. The minimum Gasteiger partial charge on any atom is -0.435 e.